The second-order valence-corrected chi connectivity index (χ2v) is 6.67. The Morgan fingerprint density at radius 2 is 2.17 bits per heavy atom. The molecule has 18 heavy (non-hydrogen) atoms. The number of hydrogen-bond acceptors (Lipinski definition) is 3. The van der Waals surface area contributed by atoms with E-state index in [1.807, 2.05) is 0 Å². The van der Waals surface area contributed by atoms with E-state index in [4.69, 9.17) is 0 Å². The van der Waals surface area contributed by atoms with Crippen LogP contribution in [0, 0.1) is 5.41 Å². The fourth-order valence-corrected chi connectivity index (χ4v) is 3.61. The monoisotopic (exact) mass is 261 g/mol. The van der Waals surface area contributed by atoms with E-state index < -0.39 is 0 Å². The minimum Gasteiger partial charge on any atom is -0.392 e. The van der Waals surface area contributed by atoms with Crippen molar-refractivity contribution in [3.05, 3.63) is 35.2 Å². The molecule has 3 heteroatoms. The van der Waals surface area contributed by atoms with Crippen molar-refractivity contribution < 1.29 is 5.11 Å². The van der Waals surface area contributed by atoms with Crippen LogP contribution < -0.4 is 5.32 Å². The molecule has 96 valence electrons. The fourth-order valence-electron chi connectivity index (χ4n) is 2.65. The van der Waals surface area contributed by atoms with E-state index in [1.54, 1.807) is 11.3 Å². The maximum Gasteiger partial charge on any atom is 0.0621 e. The fraction of sp³-hybridized carbons (Fsp3) is 0.467. The van der Waals surface area contributed by atoms with Gasteiger partial charge in [0.25, 0.3) is 0 Å². The quantitative estimate of drug-likeness (QED) is 0.889. The first-order chi connectivity index (χ1) is 8.59. The molecule has 2 N–H and O–H groups in total. The highest BCUT2D eigenvalue weighted by molar-refractivity contribution is 7.17. The third-order valence-electron chi connectivity index (χ3n) is 4.32. The van der Waals surface area contributed by atoms with Crippen molar-refractivity contribution in [3.63, 3.8) is 0 Å². The highest BCUT2D eigenvalue weighted by atomic mass is 32.1. The molecule has 2 atom stereocenters. The van der Waals surface area contributed by atoms with Gasteiger partial charge in [0.2, 0.25) is 0 Å². The highest BCUT2D eigenvalue weighted by Gasteiger charge is 2.46. The smallest absolute Gasteiger partial charge is 0.0621 e. The molecular formula is C15H19NOS. The van der Waals surface area contributed by atoms with Crippen LogP contribution in [0.25, 0.3) is 10.1 Å². The van der Waals surface area contributed by atoms with Crippen molar-refractivity contribution in [3.8, 4) is 0 Å². The third-order valence-corrected chi connectivity index (χ3v) is 5.33. The number of aliphatic hydroxyl groups excluding tert-OH is 1. The lowest BCUT2D eigenvalue weighted by atomic mass is 9.64. The molecule has 0 saturated heterocycles. The van der Waals surface area contributed by atoms with Gasteiger partial charge < -0.3 is 10.4 Å². The lowest BCUT2D eigenvalue weighted by molar-refractivity contribution is -0.0729. The minimum atomic E-state index is -0.158. The van der Waals surface area contributed by atoms with E-state index in [0.29, 0.717) is 6.04 Å². The summed E-state index contributed by atoms with van der Waals surface area (Å²) in [6, 6.07) is 8.95. The van der Waals surface area contributed by atoms with E-state index in [0.717, 1.165) is 13.0 Å². The van der Waals surface area contributed by atoms with Gasteiger partial charge in [0.05, 0.1) is 6.10 Å². The Balaban J connectivity index is 1.71. The molecule has 0 amide bonds. The van der Waals surface area contributed by atoms with E-state index in [9.17, 15) is 5.11 Å². The summed E-state index contributed by atoms with van der Waals surface area (Å²) in [5.74, 6) is 0. The van der Waals surface area contributed by atoms with Crippen LogP contribution in [0.3, 0.4) is 0 Å². The average molecular weight is 261 g/mol. The van der Waals surface area contributed by atoms with Gasteiger partial charge in [-0.2, -0.15) is 0 Å². The summed E-state index contributed by atoms with van der Waals surface area (Å²) in [7, 11) is 0. The van der Waals surface area contributed by atoms with Crippen molar-refractivity contribution in [2.45, 2.75) is 39.0 Å². The molecule has 0 aliphatic heterocycles. The largest absolute Gasteiger partial charge is 0.392 e. The minimum absolute atomic E-state index is 0.00578. The highest BCUT2D eigenvalue weighted by Crippen LogP contribution is 2.40. The van der Waals surface area contributed by atoms with Crippen molar-refractivity contribution >= 4 is 21.4 Å². The van der Waals surface area contributed by atoms with Crippen LogP contribution in [0.5, 0.6) is 0 Å². The number of benzene rings is 1. The van der Waals surface area contributed by atoms with Gasteiger partial charge in [-0.15, -0.1) is 11.3 Å². The molecule has 0 spiro atoms. The van der Waals surface area contributed by atoms with Gasteiger partial charge in [0.15, 0.2) is 0 Å². The molecule has 1 aliphatic carbocycles. The van der Waals surface area contributed by atoms with Gasteiger partial charge >= 0.3 is 0 Å². The Hall–Kier alpha value is -0.900. The predicted molar refractivity (Wildman–Crippen MR) is 76.9 cm³/mol. The van der Waals surface area contributed by atoms with Gasteiger partial charge in [-0.05, 0) is 28.8 Å². The van der Waals surface area contributed by atoms with Crippen LogP contribution >= 0.6 is 11.3 Å². The van der Waals surface area contributed by atoms with Crippen molar-refractivity contribution in [1.82, 2.24) is 5.32 Å². The number of hydrogen-bond donors (Lipinski definition) is 2. The van der Waals surface area contributed by atoms with Crippen LogP contribution in [0.15, 0.2) is 29.6 Å². The first-order valence-electron chi connectivity index (χ1n) is 6.45. The second kappa shape index (κ2) is 4.34. The lowest BCUT2D eigenvalue weighted by Crippen LogP contribution is -2.59. The van der Waals surface area contributed by atoms with Crippen molar-refractivity contribution in [1.29, 1.82) is 0 Å². The Morgan fingerprint density at radius 1 is 1.39 bits per heavy atom. The third kappa shape index (κ3) is 1.87. The van der Waals surface area contributed by atoms with Gasteiger partial charge in [-0.25, -0.2) is 0 Å². The Bertz CT molecular complexity index is 560. The molecule has 1 heterocycles. The van der Waals surface area contributed by atoms with Crippen LogP contribution in [0.1, 0.15) is 25.8 Å². The van der Waals surface area contributed by atoms with E-state index in [-0.39, 0.29) is 11.5 Å². The zero-order valence-electron chi connectivity index (χ0n) is 10.8. The topological polar surface area (TPSA) is 32.3 Å². The van der Waals surface area contributed by atoms with Crippen LogP contribution in [0.4, 0.5) is 0 Å². The maximum atomic E-state index is 9.74. The Morgan fingerprint density at radius 3 is 2.89 bits per heavy atom. The molecule has 1 saturated carbocycles. The molecular weight excluding hydrogens is 242 g/mol. The molecule has 2 aromatic rings. The first kappa shape index (κ1) is 12.2. The zero-order chi connectivity index (χ0) is 12.8. The molecule has 0 radical (unpaired) electrons. The van der Waals surface area contributed by atoms with Crippen molar-refractivity contribution in [2.75, 3.05) is 0 Å². The molecule has 1 aliphatic rings. The van der Waals surface area contributed by atoms with Crippen LogP contribution in [0.2, 0.25) is 0 Å². The summed E-state index contributed by atoms with van der Waals surface area (Å²) < 4.78 is 1.35. The predicted octanol–water partition coefficient (Wildman–Crippen LogP) is 3.15. The van der Waals surface area contributed by atoms with Gasteiger partial charge in [0.1, 0.15) is 0 Å². The standard InChI is InChI=1S/C15H19NOS/c1-15(2)13(7-14(15)17)16-8-10-9-18-12-6-4-3-5-11(10)12/h3-6,9,13-14,16-17H,7-8H2,1-2H3. The summed E-state index contributed by atoms with van der Waals surface area (Å²) in [5.41, 5.74) is 1.37. The SMILES string of the molecule is CC1(C)C(O)CC1NCc1csc2ccccc12. The first-order valence-corrected chi connectivity index (χ1v) is 7.33. The van der Waals surface area contributed by atoms with Crippen molar-refractivity contribution in [2.24, 2.45) is 5.41 Å². The lowest BCUT2D eigenvalue weighted by Gasteiger charge is -2.49. The Labute approximate surface area is 112 Å². The molecule has 3 rings (SSSR count). The number of aliphatic hydroxyl groups is 1. The summed E-state index contributed by atoms with van der Waals surface area (Å²) >= 11 is 1.80. The van der Waals surface area contributed by atoms with E-state index in [2.05, 4.69) is 48.8 Å². The average Bonchev–Trinajstić information content (AvgIpc) is 2.78. The molecule has 0 bridgehead atoms. The normalized spacial score (nSPS) is 26.2. The molecule has 1 aromatic heterocycles. The summed E-state index contributed by atoms with van der Waals surface area (Å²) in [6.45, 7) is 5.15. The van der Waals surface area contributed by atoms with E-state index in [1.165, 1.54) is 15.6 Å². The number of rotatable bonds is 3. The Kier molecular flexibility index (Phi) is 2.93. The number of thiophene rings is 1. The number of nitrogens with one attached hydrogen (secondary N) is 1. The van der Waals surface area contributed by atoms with Crippen LogP contribution in [-0.2, 0) is 6.54 Å². The second-order valence-electron chi connectivity index (χ2n) is 5.76. The van der Waals surface area contributed by atoms with E-state index >= 15 is 0 Å². The van der Waals surface area contributed by atoms with Gasteiger partial charge in [0, 0.05) is 22.7 Å². The van der Waals surface area contributed by atoms with Crippen LogP contribution in [-0.4, -0.2) is 17.3 Å². The number of fused-ring (bicyclic) bond motifs is 1. The molecule has 1 fully saturated rings. The van der Waals surface area contributed by atoms with Gasteiger partial charge in [-0.3, -0.25) is 0 Å². The summed E-state index contributed by atoms with van der Waals surface area (Å²) in [6.07, 6.45) is 0.712. The van der Waals surface area contributed by atoms with Gasteiger partial charge in [-0.1, -0.05) is 32.0 Å². The molecule has 2 unspecified atom stereocenters. The summed E-state index contributed by atoms with van der Waals surface area (Å²) in [5, 5.41) is 16.9. The zero-order valence-corrected chi connectivity index (χ0v) is 11.6. The summed E-state index contributed by atoms with van der Waals surface area (Å²) in [4.78, 5) is 0. The molecule has 2 nitrogen and oxygen atoms in total. The maximum absolute atomic E-state index is 9.74. The molecule has 1 aromatic carbocycles.